The Balaban J connectivity index is 1.39. The smallest absolute Gasteiger partial charge is 0.244 e. The van der Waals surface area contributed by atoms with Gasteiger partial charge in [0.25, 0.3) is 0 Å². The van der Waals surface area contributed by atoms with Crippen LogP contribution in [0.15, 0.2) is 47.8 Å². The van der Waals surface area contributed by atoms with E-state index in [4.69, 9.17) is 0 Å². The SMILES string of the molecule is CCN(C)S(=O)(=O)c1ccccc1NCC(=O)N[C@@H]1CCCN(c2ncnc3[nH]ccc23)C1. The van der Waals surface area contributed by atoms with E-state index in [1.807, 2.05) is 12.3 Å². The lowest BCUT2D eigenvalue weighted by Crippen LogP contribution is -2.49. The van der Waals surface area contributed by atoms with E-state index in [-0.39, 0.29) is 23.4 Å². The number of piperidine rings is 1. The third-order valence-corrected chi connectivity index (χ3v) is 7.87. The third kappa shape index (κ3) is 4.93. The van der Waals surface area contributed by atoms with Crippen LogP contribution in [0, 0.1) is 0 Å². The number of amides is 1. The number of anilines is 2. The minimum Gasteiger partial charge on any atom is -0.375 e. The van der Waals surface area contributed by atoms with Crippen molar-refractivity contribution in [2.75, 3.05) is 43.4 Å². The van der Waals surface area contributed by atoms with Crippen molar-refractivity contribution in [1.29, 1.82) is 0 Å². The highest BCUT2D eigenvalue weighted by Gasteiger charge is 2.25. The second-order valence-electron chi connectivity index (χ2n) is 8.06. The van der Waals surface area contributed by atoms with Gasteiger partial charge in [0, 0.05) is 38.9 Å². The van der Waals surface area contributed by atoms with E-state index >= 15 is 0 Å². The Bertz CT molecular complexity index is 1230. The predicted molar refractivity (Wildman–Crippen MR) is 128 cm³/mol. The van der Waals surface area contributed by atoms with Crippen molar-refractivity contribution < 1.29 is 13.2 Å². The number of aromatic amines is 1. The second-order valence-corrected chi connectivity index (χ2v) is 10.1. The Hall–Kier alpha value is -3.18. The largest absolute Gasteiger partial charge is 0.375 e. The number of nitrogens with one attached hydrogen (secondary N) is 3. The van der Waals surface area contributed by atoms with Gasteiger partial charge in [-0.15, -0.1) is 0 Å². The van der Waals surface area contributed by atoms with Crippen LogP contribution in [0.3, 0.4) is 0 Å². The molecule has 3 N–H and O–H groups in total. The van der Waals surface area contributed by atoms with Gasteiger partial charge < -0.3 is 20.5 Å². The topological polar surface area (TPSA) is 123 Å². The zero-order chi connectivity index (χ0) is 23.4. The zero-order valence-corrected chi connectivity index (χ0v) is 19.6. The number of benzene rings is 1. The molecule has 1 fully saturated rings. The van der Waals surface area contributed by atoms with Crippen molar-refractivity contribution in [1.82, 2.24) is 24.6 Å². The fourth-order valence-electron chi connectivity index (χ4n) is 4.03. The van der Waals surface area contributed by atoms with Crippen LogP contribution in [0.1, 0.15) is 19.8 Å². The monoisotopic (exact) mass is 471 g/mol. The summed E-state index contributed by atoms with van der Waals surface area (Å²) in [5, 5.41) is 7.02. The summed E-state index contributed by atoms with van der Waals surface area (Å²) in [6.45, 7) is 3.62. The molecule has 0 unspecified atom stereocenters. The molecule has 11 heteroatoms. The molecule has 3 heterocycles. The highest BCUT2D eigenvalue weighted by Crippen LogP contribution is 2.25. The first-order valence-electron chi connectivity index (χ1n) is 11.0. The lowest BCUT2D eigenvalue weighted by Gasteiger charge is -2.34. The van der Waals surface area contributed by atoms with Gasteiger partial charge in [-0.05, 0) is 31.0 Å². The van der Waals surface area contributed by atoms with Crippen molar-refractivity contribution in [2.45, 2.75) is 30.7 Å². The molecule has 3 aromatic rings. The number of carbonyl (C=O) groups is 1. The molecule has 1 amide bonds. The molecule has 0 bridgehead atoms. The van der Waals surface area contributed by atoms with Crippen LogP contribution >= 0.6 is 0 Å². The molecular weight excluding hydrogens is 442 g/mol. The van der Waals surface area contributed by atoms with Crippen LogP contribution in [0.4, 0.5) is 11.5 Å². The van der Waals surface area contributed by atoms with Crippen LogP contribution < -0.4 is 15.5 Å². The fraction of sp³-hybridized carbons (Fsp3) is 0.409. The van der Waals surface area contributed by atoms with E-state index < -0.39 is 10.0 Å². The Labute approximate surface area is 193 Å². The summed E-state index contributed by atoms with van der Waals surface area (Å²) in [5.74, 6) is 0.671. The average molecular weight is 472 g/mol. The Morgan fingerprint density at radius 1 is 1.27 bits per heavy atom. The van der Waals surface area contributed by atoms with Crippen LogP contribution in [-0.4, -0.2) is 72.9 Å². The van der Waals surface area contributed by atoms with Gasteiger partial charge in [-0.2, -0.15) is 0 Å². The number of nitrogens with zero attached hydrogens (tertiary/aromatic N) is 4. The number of H-pyrrole nitrogens is 1. The number of para-hydroxylation sites is 1. The molecule has 1 aromatic carbocycles. The molecule has 0 spiro atoms. The number of hydrogen-bond acceptors (Lipinski definition) is 7. The lowest BCUT2D eigenvalue weighted by molar-refractivity contribution is -0.120. The molecular formula is C22H29N7O3S. The highest BCUT2D eigenvalue weighted by molar-refractivity contribution is 7.89. The van der Waals surface area contributed by atoms with Crippen molar-refractivity contribution in [3.63, 3.8) is 0 Å². The number of carbonyl (C=O) groups excluding carboxylic acids is 1. The van der Waals surface area contributed by atoms with Crippen molar-refractivity contribution >= 4 is 38.5 Å². The van der Waals surface area contributed by atoms with Crippen LogP contribution in [0.25, 0.3) is 11.0 Å². The van der Waals surface area contributed by atoms with E-state index in [0.29, 0.717) is 18.8 Å². The second kappa shape index (κ2) is 9.75. The van der Waals surface area contributed by atoms with E-state index in [2.05, 4.69) is 30.5 Å². The minimum absolute atomic E-state index is 0.0194. The minimum atomic E-state index is -3.63. The molecule has 1 atom stereocenters. The molecule has 1 aliphatic heterocycles. The molecule has 10 nitrogen and oxygen atoms in total. The summed E-state index contributed by atoms with van der Waals surface area (Å²) in [6.07, 6.45) is 5.18. The lowest BCUT2D eigenvalue weighted by atomic mass is 10.1. The first-order chi connectivity index (χ1) is 15.9. The van der Waals surface area contributed by atoms with Crippen molar-refractivity contribution in [3.8, 4) is 0 Å². The van der Waals surface area contributed by atoms with Gasteiger partial charge >= 0.3 is 0 Å². The first kappa shape index (κ1) is 23.0. The van der Waals surface area contributed by atoms with Crippen LogP contribution in [-0.2, 0) is 14.8 Å². The van der Waals surface area contributed by atoms with E-state index in [9.17, 15) is 13.2 Å². The summed E-state index contributed by atoms with van der Waals surface area (Å²) >= 11 is 0. The standard InChI is InChI=1S/C22H29N7O3S/c1-3-28(2)33(31,32)19-9-5-4-8-18(19)24-13-20(30)27-16-7-6-12-29(14-16)22-17-10-11-23-21(17)25-15-26-22/h4-5,8-11,15-16,24H,3,6-7,12-14H2,1-2H3,(H,27,30)(H,23,25,26)/t16-/m1/s1. The predicted octanol–water partition coefficient (Wildman–Crippen LogP) is 1.80. The highest BCUT2D eigenvalue weighted by atomic mass is 32.2. The maximum Gasteiger partial charge on any atom is 0.244 e. The number of hydrogen-bond donors (Lipinski definition) is 3. The number of rotatable bonds is 8. The van der Waals surface area contributed by atoms with Gasteiger partial charge in [-0.3, -0.25) is 4.79 Å². The fourth-order valence-corrected chi connectivity index (χ4v) is 5.37. The van der Waals surface area contributed by atoms with E-state index in [0.717, 1.165) is 36.2 Å². The molecule has 0 radical (unpaired) electrons. The Morgan fingerprint density at radius 3 is 2.91 bits per heavy atom. The Morgan fingerprint density at radius 2 is 2.09 bits per heavy atom. The summed E-state index contributed by atoms with van der Waals surface area (Å²) in [6, 6.07) is 8.56. The first-order valence-corrected chi connectivity index (χ1v) is 12.5. The van der Waals surface area contributed by atoms with Gasteiger partial charge in [0.15, 0.2) is 0 Å². The molecule has 176 valence electrons. The number of fused-ring (bicyclic) bond motifs is 1. The number of aromatic nitrogens is 3. The normalized spacial score (nSPS) is 16.8. The molecule has 4 rings (SSSR count). The van der Waals surface area contributed by atoms with Gasteiger partial charge in [-0.25, -0.2) is 22.7 Å². The molecule has 0 aliphatic carbocycles. The van der Waals surface area contributed by atoms with Gasteiger partial charge in [0.2, 0.25) is 15.9 Å². The van der Waals surface area contributed by atoms with Gasteiger partial charge in [-0.1, -0.05) is 19.1 Å². The van der Waals surface area contributed by atoms with Crippen molar-refractivity contribution in [2.24, 2.45) is 0 Å². The average Bonchev–Trinajstić information content (AvgIpc) is 3.31. The maximum atomic E-state index is 12.8. The summed E-state index contributed by atoms with van der Waals surface area (Å²) < 4.78 is 26.8. The van der Waals surface area contributed by atoms with Crippen LogP contribution in [0.2, 0.25) is 0 Å². The van der Waals surface area contributed by atoms with Gasteiger partial charge in [0.05, 0.1) is 17.6 Å². The molecule has 2 aromatic heterocycles. The number of sulfonamides is 1. The van der Waals surface area contributed by atoms with Crippen molar-refractivity contribution in [3.05, 3.63) is 42.9 Å². The van der Waals surface area contributed by atoms with Gasteiger partial charge in [0.1, 0.15) is 22.7 Å². The Kier molecular flexibility index (Phi) is 6.80. The van der Waals surface area contributed by atoms with E-state index in [1.54, 1.807) is 37.5 Å². The molecule has 0 saturated carbocycles. The van der Waals surface area contributed by atoms with E-state index in [1.165, 1.54) is 11.4 Å². The maximum absolute atomic E-state index is 12.8. The summed E-state index contributed by atoms with van der Waals surface area (Å²) in [5.41, 5.74) is 1.20. The zero-order valence-electron chi connectivity index (χ0n) is 18.8. The molecule has 1 aliphatic rings. The summed E-state index contributed by atoms with van der Waals surface area (Å²) in [7, 11) is -2.09. The third-order valence-electron chi connectivity index (χ3n) is 5.88. The molecule has 33 heavy (non-hydrogen) atoms. The molecule has 1 saturated heterocycles. The summed E-state index contributed by atoms with van der Waals surface area (Å²) in [4.78, 5) is 26.8. The quantitative estimate of drug-likeness (QED) is 0.458. The van der Waals surface area contributed by atoms with Crippen LogP contribution in [0.5, 0.6) is 0 Å².